The molecule has 6 nitrogen and oxygen atoms in total. The van der Waals surface area contributed by atoms with E-state index in [-0.39, 0.29) is 5.91 Å². The summed E-state index contributed by atoms with van der Waals surface area (Å²) >= 11 is 1.36. The third-order valence-electron chi connectivity index (χ3n) is 5.61. The van der Waals surface area contributed by atoms with Gasteiger partial charge in [-0.25, -0.2) is 9.97 Å². The molecule has 1 aliphatic rings. The molecule has 0 radical (unpaired) electrons. The number of pyridine rings is 1. The summed E-state index contributed by atoms with van der Waals surface area (Å²) in [7, 11) is 0. The Kier molecular flexibility index (Phi) is 6.03. The second-order valence-electron chi connectivity index (χ2n) is 7.77. The van der Waals surface area contributed by atoms with Crippen molar-refractivity contribution in [2.75, 3.05) is 36.4 Å². The first kappa shape index (κ1) is 21.0. The van der Waals surface area contributed by atoms with Crippen LogP contribution in [-0.2, 0) is 5.41 Å². The number of piperazine rings is 1. The number of carbonyl (C=O) groups excluding carboxylic acids is 1. The number of terminal acetylenes is 1. The molecule has 1 saturated heterocycles. The summed E-state index contributed by atoms with van der Waals surface area (Å²) < 4.78 is 0. The number of thiazole rings is 1. The van der Waals surface area contributed by atoms with Crippen molar-refractivity contribution in [2.45, 2.75) is 19.3 Å². The summed E-state index contributed by atoms with van der Waals surface area (Å²) in [6, 6.07) is 11.8. The van der Waals surface area contributed by atoms with Gasteiger partial charge < -0.3 is 10.2 Å². The lowest BCUT2D eigenvalue weighted by Crippen LogP contribution is -2.43. The van der Waals surface area contributed by atoms with Gasteiger partial charge in [-0.1, -0.05) is 35.7 Å². The fourth-order valence-corrected chi connectivity index (χ4v) is 4.34. The molecule has 0 aliphatic carbocycles. The normalized spacial score (nSPS) is 15.7. The number of benzene rings is 1. The largest absolute Gasteiger partial charge is 0.354 e. The van der Waals surface area contributed by atoms with Crippen molar-refractivity contribution in [1.82, 2.24) is 15.3 Å². The fraction of sp³-hybridized carbons (Fsp3) is 0.292. The molecule has 2 N–H and O–H groups in total. The van der Waals surface area contributed by atoms with Gasteiger partial charge in [-0.15, -0.1) is 17.8 Å². The number of anilines is 2. The Bertz CT molecular complexity index is 1090. The van der Waals surface area contributed by atoms with Crippen LogP contribution in [0.25, 0.3) is 0 Å². The molecule has 7 heteroatoms. The van der Waals surface area contributed by atoms with Crippen molar-refractivity contribution in [3.8, 4) is 12.3 Å². The van der Waals surface area contributed by atoms with Gasteiger partial charge in [0.2, 0.25) is 0 Å². The van der Waals surface area contributed by atoms with Crippen molar-refractivity contribution in [1.29, 1.82) is 0 Å². The van der Waals surface area contributed by atoms with E-state index in [0.717, 1.165) is 43.3 Å². The van der Waals surface area contributed by atoms with E-state index in [1.54, 1.807) is 12.3 Å². The average Bonchev–Trinajstić information content (AvgIpc) is 3.29. The van der Waals surface area contributed by atoms with Gasteiger partial charge in [0.25, 0.3) is 5.91 Å². The van der Waals surface area contributed by atoms with Gasteiger partial charge in [0.1, 0.15) is 5.82 Å². The zero-order valence-corrected chi connectivity index (χ0v) is 18.5. The second-order valence-corrected chi connectivity index (χ2v) is 8.63. The van der Waals surface area contributed by atoms with Gasteiger partial charge in [-0.05, 0) is 31.5 Å². The molecule has 1 unspecified atom stereocenters. The molecule has 1 atom stereocenters. The van der Waals surface area contributed by atoms with E-state index in [0.29, 0.717) is 10.7 Å². The lowest BCUT2D eigenvalue weighted by molar-refractivity contribution is 0.102. The first-order chi connectivity index (χ1) is 15.0. The van der Waals surface area contributed by atoms with Crippen LogP contribution in [0.3, 0.4) is 0 Å². The number of hydrogen-bond donors (Lipinski definition) is 2. The summed E-state index contributed by atoms with van der Waals surface area (Å²) in [5.41, 5.74) is 2.74. The van der Waals surface area contributed by atoms with Crippen molar-refractivity contribution < 1.29 is 4.79 Å². The van der Waals surface area contributed by atoms with Crippen LogP contribution in [0.1, 0.15) is 34.1 Å². The zero-order chi connectivity index (χ0) is 21.8. The smallest absolute Gasteiger partial charge is 0.259 e. The van der Waals surface area contributed by atoms with Gasteiger partial charge >= 0.3 is 0 Å². The van der Waals surface area contributed by atoms with Crippen molar-refractivity contribution in [2.24, 2.45) is 0 Å². The fourth-order valence-electron chi connectivity index (χ4n) is 3.52. The van der Waals surface area contributed by atoms with Crippen LogP contribution >= 0.6 is 11.3 Å². The zero-order valence-electron chi connectivity index (χ0n) is 17.7. The van der Waals surface area contributed by atoms with Crippen LogP contribution in [0.15, 0.2) is 48.0 Å². The van der Waals surface area contributed by atoms with Crippen molar-refractivity contribution >= 4 is 28.2 Å². The molecule has 1 fully saturated rings. The molecular formula is C24H25N5OS. The maximum Gasteiger partial charge on any atom is 0.259 e. The number of aromatic nitrogens is 2. The lowest BCUT2D eigenvalue weighted by Gasteiger charge is -2.28. The highest BCUT2D eigenvalue weighted by molar-refractivity contribution is 7.14. The third kappa shape index (κ3) is 4.46. The third-order valence-corrected chi connectivity index (χ3v) is 6.36. The van der Waals surface area contributed by atoms with Crippen molar-refractivity contribution in [3.63, 3.8) is 0 Å². The number of nitrogens with zero attached hydrogens (tertiary/aromatic N) is 3. The topological polar surface area (TPSA) is 70.2 Å². The van der Waals surface area contributed by atoms with Crippen LogP contribution in [0.5, 0.6) is 0 Å². The minimum Gasteiger partial charge on any atom is -0.354 e. The molecule has 31 heavy (non-hydrogen) atoms. The second kappa shape index (κ2) is 8.88. The maximum absolute atomic E-state index is 12.7. The van der Waals surface area contributed by atoms with Crippen LogP contribution < -0.4 is 15.5 Å². The van der Waals surface area contributed by atoms with Crippen molar-refractivity contribution in [3.05, 3.63) is 70.4 Å². The Morgan fingerprint density at radius 3 is 2.61 bits per heavy atom. The van der Waals surface area contributed by atoms with E-state index in [2.05, 4.69) is 31.4 Å². The molecule has 0 bridgehead atoms. The van der Waals surface area contributed by atoms with E-state index < -0.39 is 5.41 Å². The van der Waals surface area contributed by atoms with E-state index in [4.69, 9.17) is 6.42 Å². The number of nitrogens with one attached hydrogen (secondary N) is 2. The number of amides is 1. The molecule has 3 aromatic rings. The van der Waals surface area contributed by atoms with Gasteiger partial charge in [0.05, 0.1) is 16.7 Å². The summed E-state index contributed by atoms with van der Waals surface area (Å²) in [4.78, 5) is 24.0. The quantitative estimate of drug-likeness (QED) is 0.606. The Morgan fingerprint density at radius 2 is 1.97 bits per heavy atom. The number of rotatable bonds is 5. The highest BCUT2D eigenvalue weighted by Gasteiger charge is 2.29. The number of carbonyl (C=O) groups is 1. The summed E-state index contributed by atoms with van der Waals surface area (Å²) in [5, 5.41) is 8.61. The standard InChI is InChI=1S/C24H25N5OS/c1-4-24(3,19-8-5-17(2)6-9-19)20-16-31-23(27-20)28-22(30)18-7-10-21(26-15-18)29-13-11-25-12-14-29/h1,5-10,15-16,25H,11-14H2,2-3H3,(H,27,28,30). The highest BCUT2D eigenvalue weighted by Crippen LogP contribution is 2.33. The average molecular weight is 432 g/mol. The maximum atomic E-state index is 12.7. The first-order valence-corrected chi connectivity index (χ1v) is 11.1. The Morgan fingerprint density at radius 1 is 1.23 bits per heavy atom. The number of hydrogen-bond acceptors (Lipinski definition) is 6. The first-order valence-electron chi connectivity index (χ1n) is 10.2. The van der Waals surface area contributed by atoms with Gasteiger partial charge in [0.15, 0.2) is 5.13 Å². The molecule has 1 aromatic carbocycles. The Labute approximate surface area is 186 Å². The molecule has 1 aliphatic heterocycles. The van der Waals surface area contributed by atoms with E-state index in [1.807, 2.05) is 49.6 Å². The lowest BCUT2D eigenvalue weighted by atomic mass is 9.80. The monoisotopic (exact) mass is 431 g/mol. The number of aryl methyl sites for hydroxylation is 1. The van der Waals surface area contributed by atoms with Crippen LogP contribution in [0.2, 0.25) is 0 Å². The Hall–Kier alpha value is -3.21. The van der Waals surface area contributed by atoms with E-state index in [9.17, 15) is 4.79 Å². The summed E-state index contributed by atoms with van der Waals surface area (Å²) in [6.45, 7) is 7.71. The molecule has 0 saturated carbocycles. The summed E-state index contributed by atoms with van der Waals surface area (Å²) in [6.07, 6.45) is 7.51. The van der Waals surface area contributed by atoms with E-state index >= 15 is 0 Å². The summed E-state index contributed by atoms with van der Waals surface area (Å²) in [5.74, 6) is 3.53. The molecule has 2 aromatic heterocycles. The van der Waals surface area contributed by atoms with Crippen LogP contribution in [0, 0.1) is 19.3 Å². The highest BCUT2D eigenvalue weighted by atomic mass is 32.1. The molecule has 0 spiro atoms. The minimum atomic E-state index is -0.667. The SMILES string of the molecule is C#CC(C)(c1ccc(C)cc1)c1csc(NC(=O)c2ccc(N3CCNCC3)nc2)n1. The van der Waals surface area contributed by atoms with Gasteiger partial charge in [0, 0.05) is 37.8 Å². The minimum absolute atomic E-state index is 0.238. The molecule has 158 valence electrons. The van der Waals surface area contributed by atoms with Gasteiger partial charge in [-0.2, -0.15) is 0 Å². The predicted octanol–water partition coefficient (Wildman–Crippen LogP) is 3.45. The van der Waals surface area contributed by atoms with Gasteiger partial charge in [-0.3, -0.25) is 10.1 Å². The van der Waals surface area contributed by atoms with Crippen LogP contribution in [-0.4, -0.2) is 42.1 Å². The Balaban J connectivity index is 1.47. The predicted molar refractivity (Wildman–Crippen MR) is 126 cm³/mol. The molecular weight excluding hydrogens is 406 g/mol. The van der Waals surface area contributed by atoms with Crippen LogP contribution in [0.4, 0.5) is 10.9 Å². The van der Waals surface area contributed by atoms with E-state index in [1.165, 1.54) is 16.9 Å². The molecule has 3 heterocycles. The molecule has 4 rings (SSSR count). The molecule has 1 amide bonds.